The summed E-state index contributed by atoms with van der Waals surface area (Å²) >= 11 is 5.31. The molecule has 0 unspecified atom stereocenters. The smallest absolute Gasteiger partial charge is 0.269 e. The molecule has 9 nitrogen and oxygen atoms in total. The first kappa shape index (κ1) is 18.7. The average molecular weight is 407 g/mol. The Labute approximate surface area is 170 Å². The minimum absolute atomic E-state index is 0.0295. The molecule has 146 valence electrons. The van der Waals surface area contributed by atoms with Crippen molar-refractivity contribution < 1.29 is 4.92 Å². The number of non-ortho nitro benzene ring substituents is 1. The van der Waals surface area contributed by atoms with E-state index in [0.717, 1.165) is 23.3 Å². The second-order valence-electron chi connectivity index (χ2n) is 6.31. The maximum atomic E-state index is 10.8. The summed E-state index contributed by atoms with van der Waals surface area (Å²) in [5.74, 6) is 1.58. The Morgan fingerprint density at radius 3 is 2.69 bits per heavy atom. The van der Waals surface area contributed by atoms with E-state index in [9.17, 15) is 10.1 Å². The van der Waals surface area contributed by atoms with E-state index >= 15 is 0 Å². The highest BCUT2D eigenvalue weighted by atomic mass is 32.1. The van der Waals surface area contributed by atoms with Gasteiger partial charge in [0.15, 0.2) is 5.82 Å². The predicted molar refractivity (Wildman–Crippen MR) is 112 cm³/mol. The van der Waals surface area contributed by atoms with E-state index < -0.39 is 4.92 Å². The SMILES string of the molecule is CCc1nc2ccccc2n1Cc1n[nH]c(=S)n1/N=C/c1ccc([N+](=O)[O-])cc1. The third kappa shape index (κ3) is 3.69. The molecule has 0 saturated carbocycles. The molecule has 2 heterocycles. The summed E-state index contributed by atoms with van der Waals surface area (Å²) in [4.78, 5) is 15.0. The number of aryl methyl sites for hydroxylation is 1. The van der Waals surface area contributed by atoms with Gasteiger partial charge in [0.05, 0.1) is 28.7 Å². The number of para-hydroxylation sites is 2. The van der Waals surface area contributed by atoms with Crippen molar-refractivity contribution in [3.05, 3.63) is 80.6 Å². The van der Waals surface area contributed by atoms with E-state index in [-0.39, 0.29) is 5.69 Å². The fraction of sp³-hybridized carbons (Fsp3) is 0.158. The van der Waals surface area contributed by atoms with Gasteiger partial charge in [-0.15, -0.1) is 0 Å². The molecule has 0 saturated heterocycles. The molecule has 0 bridgehead atoms. The Balaban J connectivity index is 1.66. The van der Waals surface area contributed by atoms with Crippen LogP contribution in [-0.4, -0.2) is 35.6 Å². The number of hydrogen-bond acceptors (Lipinski definition) is 6. The third-order valence-electron chi connectivity index (χ3n) is 4.49. The van der Waals surface area contributed by atoms with Crippen LogP contribution in [0, 0.1) is 14.9 Å². The molecule has 0 radical (unpaired) electrons. The second-order valence-corrected chi connectivity index (χ2v) is 6.69. The molecule has 2 aromatic carbocycles. The van der Waals surface area contributed by atoms with E-state index in [1.807, 2.05) is 24.3 Å². The van der Waals surface area contributed by atoms with Gasteiger partial charge >= 0.3 is 0 Å². The van der Waals surface area contributed by atoms with Crippen LogP contribution in [-0.2, 0) is 13.0 Å². The van der Waals surface area contributed by atoms with Crippen LogP contribution in [0.25, 0.3) is 11.0 Å². The van der Waals surface area contributed by atoms with Gasteiger partial charge in [0.25, 0.3) is 5.69 Å². The van der Waals surface area contributed by atoms with Crippen molar-refractivity contribution in [2.75, 3.05) is 0 Å². The van der Waals surface area contributed by atoms with Gasteiger partial charge in [-0.2, -0.15) is 14.9 Å². The van der Waals surface area contributed by atoms with Crippen molar-refractivity contribution in [1.29, 1.82) is 0 Å². The monoisotopic (exact) mass is 407 g/mol. The molecule has 0 fully saturated rings. The first-order valence-corrected chi connectivity index (χ1v) is 9.37. The standard InChI is InChI=1S/C19H17N7O2S/c1-2-17-21-15-5-3-4-6-16(15)24(17)12-18-22-23-19(29)25(18)20-11-13-7-9-14(10-8-13)26(27)28/h3-11H,2,12H2,1H3,(H,23,29)/b20-11+. The fourth-order valence-electron chi connectivity index (χ4n) is 3.07. The van der Waals surface area contributed by atoms with Crippen LogP contribution in [0.15, 0.2) is 53.6 Å². The lowest BCUT2D eigenvalue weighted by molar-refractivity contribution is -0.384. The van der Waals surface area contributed by atoms with Gasteiger partial charge in [-0.25, -0.2) is 4.98 Å². The number of rotatable bonds is 6. The van der Waals surface area contributed by atoms with Crippen molar-refractivity contribution in [2.45, 2.75) is 19.9 Å². The zero-order valence-corrected chi connectivity index (χ0v) is 16.3. The lowest BCUT2D eigenvalue weighted by Gasteiger charge is -2.07. The number of aromatic amines is 1. The summed E-state index contributed by atoms with van der Waals surface area (Å²) < 4.78 is 4.00. The number of nitrogens with zero attached hydrogens (tertiary/aromatic N) is 6. The molecule has 29 heavy (non-hydrogen) atoms. The number of imidazole rings is 1. The first-order valence-electron chi connectivity index (χ1n) is 8.96. The van der Waals surface area contributed by atoms with E-state index in [1.165, 1.54) is 12.1 Å². The Bertz CT molecular complexity index is 1270. The Morgan fingerprint density at radius 1 is 1.21 bits per heavy atom. The minimum atomic E-state index is -0.439. The van der Waals surface area contributed by atoms with Crippen molar-refractivity contribution in [2.24, 2.45) is 5.10 Å². The van der Waals surface area contributed by atoms with Gasteiger partial charge in [0.2, 0.25) is 4.77 Å². The fourth-order valence-corrected chi connectivity index (χ4v) is 3.26. The summed E-state index contributed by atoms with van der Waals surface area (Å²) in [6.45, 7) is 2.51. The van der Waals surface area contributed by atoms with Gasteiger partial charge in [0, 0.05) is 18.6 Å². The van der Waals surface area contributed by atoms with Crippen molar-refractivity contribution in [3.63, 3.8) is 0 Å². The summed E-state index contributed by atoms with van der Waals surface area (Å²) in [6, 6.07) is 14.1. The Kier molecular flexibility index (Phi) is 5.00. The van der Waals surface area contributed by atoms with Crippen molar-refractivity contribution >= 4 is 35.2 Å². The highest BCUT2D eigenvalue weighted by Crippen LogP contribution is 2.18. The van der Waals surface area contributed by atoms with Crippen LogP contribution in [0.3, 0.4) is 0 Å². The largest absolute Gasteiger partial charge is 0.320 e. The highest BCUT2D eigenvalue weighted by Gasteiger charge is 2.13. The van der Waals surface area contributed by atoms with E-state index in [4.69, 9.17) is 12.2 Å². The number of aromatic nitrogens is 5. The van der Waals surface area contributed by atoms with Crippen LogP contribution in [0.1, 0.15) is 24.1 Å². The molecule has 1 N–H and O–H groups in total. The normalized spacial score (nSPS) is 11.5. The van der Waals surface area contributed by atoms with Crippen molar-refractivity contribution in [3.8, 4) is 0 Å². The molecule has 0 aliphatic carbocycles. The Morgan fingerprint density at radius 2 is 1.97 bits per heavy atom. The zero-order chi connectivity index (χ0) is 20.4. The van der Waals surface area contributed by atoms with Crippen LogP contribution in [0.5, 0.6) is 0 Å². The minimum Gasteiger partial charge on any atom is -0.320 e. The molecule has 0 amide bonds. The van der Waals surface area contributed by atoms with Gasteiger partial charge in [-0.05, 0) is 42.0 Å². The maximum absolute atomic E-state index is 10.8. The molecule has 4 aromatic rings. The number of nitro benzene ring substituents is 1. The van der Waals surface area contributed by atoms with Crippen LogP contribution in [0.4, 0.5) is 5.69 Å². The predicted octanol–water partition coefficient (Wildman–Crippen LogP) is 3.69. The summed E-state index contributed by atoms with van der Waals surface area (Å²) in [7, 11) is 0. The second kappa shape index (κ2) is 7.76. The lowest BCUT2D eigenvalue weighted by atomic mass is 10.2. The number of fused-ring (bicyclic) bond motifs is 1. The molecule has 2 aromatic heterocycles. The van der Waals surface area contributed by atoms with Gasteiger partial charge in [-0.1, -0.05) is 19.1 Å². The molecule has 0 spiro atoms. The number of nitro groups is 1. The quantitative estimate of drug-likeness (QED) is 0.227. The summed E-state index contributed by atoms with van der Waals surface area (Å²) in [5.41, 5.74) is 2.69. The third-order valence-corrected chi connectivity index (χ3v) is 4.76. The van der Waals surface area contributed by atoms with Crippen LogP contribution < -0.4 is 0 Å². The molecular weight excluding hydrogens is 390 g/mol. The van der Waals surface area contributed by atoms with Crippen LogP contribution in [0.2, 0.25) is 0 Å². The molecule has 0 aliphatic rings. The molecule has 4 rings (SSSR count). The van der Waals surface area contributed by atoms with Gasteiger partial charge in [0.1, 0.15) is 5.82 Å². The number of benzene rings is 2. The lowest BCUT2D eigenvalue weighted by Crippen LogP contribution is -2.09. The molecule has 0 atom stereocenters. The first-order chi connectivity index (χ1) is 14.1. The number of hydrogen-bond donors (Lipinski definition) is 1. The van der Waals surface area contributed by atoms with Crippen LogP contribution >= 0.6 is 12.2 Å². The van der Waals surface area contributed by atoms with Gasteiger partial charge in [-0.3, -0.25) is 15.2 Å². The van der Waals surface area contributed by atoms with E-state index in [2.05, 4.69) is 31.8 Å². The highest BCUT2D eigenvalue weighted by molar-refractivity contribution is 7.71. The average Bonchev–Trinajstić information content (AvgIpc) is 3.27. The van der Waals surface area contributed by atoms with E-state index in [1.54, 1.807) is 23.0 Å². The number of H-pyrrole nitrogens is 1. The summed E-state index contributed by atoms with van der Waals surface area (Å²) in [5, 5.41) is 22.3. The maximum Gasteiger partial charge on any atom is 0.269 e. The zero-order valence-electron chi connectivity index (χ0n) is 15.5. The topological polar surface area (TPSA) is 107 Å². The van der Waals surface area contributed by atoms with E-state index in [0.29, 0.717) is 22.7 Å². The van der Waals surface area contributed by atoms with Gasteiger partial charge < -0.3 is 4.57 Å². The molecule has 10 heteroatoms. The summed E-state index contributed by atoms with van der Waals surface area (Å²) in [6.07, 6.45) is 2.37. The molecule has 0 aliphatic heterocycles. The Hall–Kier alpha value is -3.66. The van der Waals surface area contributed by atoms with Crippen molar-refractivity contribution in [1.82, 2.24) is 24.4 Å². The number of nitrogens with one attached hydrogen (secondary N) is 1. The molecular formula is C19H17N7O2S.